The topological polar surface area (TPSA) is 91.8 Å². The van der Waals surface area contributed by atoms with Crippen molar-refractivity contribution in [2.75, 3.05) is 69.4 Å². The molecular formula is C27H35N3O6. The van der Waals surface area contributed by atoms with Gasteiger partial charge < -0.3 is 29.1 Å². The number of hydrogen-bond acceptors (Lipinski definition) is 7. The summed E-state index contributed by atoms with van der Waals surface area (Å²) in [6.07, 6.45) is 2.38. The van der Waals surface area contributed by atoms with Crippen molar-refractivity contribution in [1.29, 1.82) is 0 Å². The van der Waals surface area contributed by atoms with Gasteiger partial charge in [0.2, 0.25) is 0 Å². The van der Waals surface area contributed by atoms with Gasteiger partial charge in [0.05, 0.1) is 25.1 Å². The van der Waals surface area contributed by atoms with E-state index in [4.69, 9.17) is 19.3 Å². The molecule has 2 aromatic carbocycles. The minimum atomic E-state index is -0.869. The number of para-hydroxylation sites is 2. The van der Waals surface area contributed by atoms with E-state index in [9.17, 15) is 9.59 Å². The number of anilines is 2. The highest BCUT2D eigenvalue weighted by molar-refractivity contribution is 5.98. The van der Waals surface area contributed by atoms with E-state index in [0.29, 0.717) is 36.8 Å². The molecule has 9 nitrogen and oxygen atoms in total. The molecule has 0 aromatic heterocycles. The largest absolute Gasteiger partial charge is 0.495 e. The van der Waals surface area contributed by atoms with Crippen LogP contribution in [0.1, 0.15) is 25.7 Å². The van der Waals surface area contributed by atoms with Crippen molar-refractivity contribution in [3.8, 4) is 17.2 Å². The third kappa shape index (κ3) is 6.60. The highest BCUT2D eigenvalue weighted by Crippen LogP contribution is 2.35. The zero-order valence-corrected chi connectivity index (χ0v) is 20.9. The fraction of sp³-hybridized carbons (Fsp3) is 0.481. The molecule has 0 radical (unpaired) electrons. The van der Waals surface area contributed by atoms with Crippen molar-refractivity contribution < 1.29 is 28.9 Å². The molecule has 0 unspecified atom stereocenters. The number of amides is 1. The summed E-state index contributed by atoms with van der Waals surface area (Å²) >= 11 is 0. The molecule has 0 bridgehead atoms. The van der Waals surface area contributed by atoms with Crippen LogP contribution in [0.3, 0.4) is 0 Å². The van der Waals surface area contributed by atoms with Crippen LogP contribution in [0.5, 0.6) is 17.2 Å². The van der Waals surface area contributed by atoms with Gasteiger partial charge in [-0.2, -0.15) is 0 Å². The highest BCUT2D eigenvalue weighted by Gasteiger charge is 2.26. The van der Waals surface area contributed by atoms with Gasteiger partial charge in [0.1, 0.15) is 17.2 Å². The Labute approximate surface area is 212 Å². The average molecular weight is 498 g/mol. The Kier molecular flexibility index (Phi) is 8.89. The Bertz CT molecular complexity index is 1040. The molecule has 2 aromatic rings. The quantitative estimate of drug-likeness (QED) is 0.447. The number of hydrogen-bond donors (Lipinski definition) is 1. The van der Waals surface area contributed by atoms with E-state index in [0.717, 1.165) is 57.0 Å². The molecule has 1 saturated heterocycles. The van der Waals surface area contributed by atoms with Crippen LogP contribution < -0.4 is 24.0 Å². The molecule has 0 aliphatic carbocycles. The third-order valence-electron chi connectivity index (χ3n) is 6.58. The smallest absolute Gasteiger partial charge is 0.303 e. The first-order valence-corrected chi connectivity index (χ1v) is 12.6. The third-order valence-corrected chi connectivity index (χ3v) is 6.58. The maximum absolute atomic E-state index is 12.3. The number of ether oxygens (including phenoxy) is 3. The van der Waals surface area contributed by atoms with Gasteiger partial charge in [0.25, 0.3) is 5.91 Å². The van der Waals surface area contributed by atoms with E-state index in [-0.39, 0.29) is 18.9 Å². The zero-order chi connectivity index (χ0) is 25.3. The number of fused-ring (bicyclic) bond motifs is 1. The molecule has 2 heterocycles. The first-order valence-electron chi connectivity index (χ1n) is 12.6. The van der Waals surface area contributed by atoms with Gasteiger partial charge >= 0.3 is 5.97 Å². The molecule has 194 valence electrons. The molecule has 0 spiro atoms. The fourth-order valence-electron chi connectivity index (χ4n) is 4.64. The second-order valence-corrected chi connectivity index (χ2v) is 9.02. The number of nitrogens with zero attached hydrogens (tertiary/aromatic N) is 3. The Morgan fingerprint density at radius 3 is 2.58 bits per heavy atom. The number of piperazine rings is 1. The molecule has 2 aliphatic heterocycles. The number of carbonyl (C=O) groups is 2. The number of benzene rings is 2. The lowest BCUT2D eigenvalue weighted by Gasteiger charge is -2.36. The van der Waals surface area contributed by atoms with E-state index in [2.05, 4.69) is 21.9 Å². The number of carboxylic acid groups (broad SMARTS) is 1. The summed E-state index contributed by atoms with van der Waals surface area (Å²) in [6, 6.07) is 13.6. The van der Waals surface area contributed by atoms with Crippen molar-refractivity contribution in [3.63, 3.8) is 0 Å². The Morgan fingerprint density at radius 1 is 1.00 bits per heavy atom. The summed E-state index contributed by atoms with van der Waals surface area (Å²) in [5.41, 5.74) is 1.80. The van der Waals surface area contributed by atoms with Crippen LogP contribution in [0.25, 0.3) is 0 Å². The molecule has 0 atom stereocenters. The number of carboxylic acids is 1. The Morgan fingerprint density at radius 2 is 1.81 bits per heavy atom. The number of carbonyl (C=O) groups excluding carboxylic acids is 1. The summed E-state index contributed by atoms with van der Waals surface area (Å²) in [7, 11) is 1.72. The first kappa shape index (κ1) is 25.6. The van der Waals surface area contributed by atoms with Gasteiger partial charge in [0.15, 0.2) is 6.61 Å². The second kappa shape index (κ2) is 12.5. The van der Waals surface area contributed by atoms with Crippen molar-refractivity contribution >= 4 is 23.3 Å². The van der Waals surface area contributed by atoms with Crippen LogP contribution in [0.15, 0.2) is 42.5 Å². The van der Waals surface area contributed by atoms with Gasteiger partial charge in [-0.3, -0.25) is 14.5 Å². The molecule has 0 saturated carbocycles. The zero-order valence-electron chi connectivity index (χ0n) is 20.9. The van der Waals surface area contributed by atoms with E-state index >= 15 is 0 Å². The lowest BCUT2D eigenvalue weighted by Crippen LogP contribution is -2.46. The predicted molar refractivity (Wildman–Crippen MR) is 138 cm³/mol. The Hall–Kier alpha value is -3.46. The van der Waals surface area contributed by atoms with Gasteiger partial charge in [-0.05, 0) is 50.1 Å². The van der Waals surface area contributed by atoms with Crippen LogP contribution in [-0.2, 0) is 9.59 Å². The monoisotopic (exact) mass is 497 g/mol. The molecule has 2 aliphatic rings. The van der Waals surface area contributed by atoms with Gasteiger partial charge in [-0.15, -0.1) is 0 Å². The number of methoxy groups -OCH3 is 1. The normalized spacial score (nSPS) is 15.9. The van der Waals surface area contributed by atoms with E-state index in [1.54, 1.807) is 12.0 Å². The molecule has 4 rings (SSSR count). The van der Waals surface area contributed by atoms with Gasteiger partial charge in [-0.25, -0.2) is 0 Å². The molecule has 9 heteroatoms. The summed E-state index contributed by atoms with van der Waals surface area (Å²) < 4.78 is 17.0. The first-order chi connectivity index (χ1) is 17.5. The summed E-state index contributed by atoms with van der Waals surface area (Å²) in [5, 5.41) is 8.89. The van der Waals surface area contributed by atoms with Crippen molar-refractivity contribution in [2.45, 2.75) is 25.7 Å². The number of rotatable bonds is 12. The van der Waals surface area contributed by atoms with Gasteiger partial charge in [-0.1, -0.05) is 12.1 Å². The molecule has 36 heavy (non-hydrogen) atoms. The fourth-order valence-corrected chi connectivity index (χ4v) is 4.64. The number of unbranched alkanes of at least 4 members (excludes halogenated alkanes) is 1. The minimum Gasteiger partial charge on any atom is -0.495 e. The van der Waals surface area contributed by atoms with Crippen molar-refractivity contribution in [1.82, 2.24) is 4.90 Å². The molecule has 1 amide bonds. The van der Waals surface area contributed by atoms with Crippen molar-refractivity contribution in [2.24, 2.45) is 0 Å². The van der Waals surface area contributed by atoms with Crippen molar-refractivity contribution in [3.05, 3.63) is 42.5 Å². The lowest BCUT2D eigenvalue weighted by molar-refractivity contribution is -0.137. The van der Waals surface area contributed by atoms with Crippen LogP contribution in [-0.4, -0.2) is 81.5 Å². The maximum atomic E-state index is 12.3. The maximum Gasteiger partial charge on any atom is 0.303 e. The SMILES string of the molecule is COc1ccccc1N1CCN(CCCCOc2ccc3c(c2)N(CCCC(=O)O)C(=O)CO3)CC1. The summed E-state index contributed by atoms with van der Waals surface area (Å²) in [6.45, 7) is 5.94. The standard InChI is InChI=1S/C27H35N3O6/c1-34-24-8-3-2-7-22(24)29-16-14-28(15-17-29)12-4-5-18-35-21-10-11-25-23(19-21)30(26(31)20-36-25)13-6-9-27(32)33/h2-3,7-8,10-11,19H,4-6,9,12-18,20H2,1H3,(H,32,33). The molecule has 1 fully saturated rings. The molecule has 1 N–H and O–H groups in total. The molecular weight excluding hydrogens is 462 g/mol. The minimum absolute atomic E-state index is 0.0195. The van der Waals surface area contributed by atoms with Crippen LogP contribution >= 0.6 is 0 Å². The number of aliphatic carboxylic acids is 1. The van der Waals surface area contributed by atoms with E-state index < -0.39 is 5.97 Å². The average Bonchev–Trinajstić information content (AvgIpc) is 2.90. The predicted octanol–water partition coefficient (Wildman–Crippen LogP) is 3.27. The highest BCUT2D eigenvalue weighted by atomic mass is 16.5. The van der Waals surface area contributed by atoms with Gasteiger partial charge in [0, 0.05) is 45.2 Å². The van der Waals surface area contributed by atoms with Crippen LogP contribution in [0, 0.1) is 0 Å². The second-order valence-electron chi connectivity index (χ2n) is 9.02. The van der Waals surface area contributed by atoms with E-state index in [1.807, 2.05) is 30.3 Å². The lowest BCUT2D eigenvalue weighted by atomic mass is 10.2. The summed E-state index contributed by atoms with van der Waals surface area (Å²) in [5.74, 6) is 1.18. The van der Waals surface area contributed by atoms with Crippen LogP contribution in [0.2, 0.25) is 0 Å². The Balaban J connectivity index is 1.19. The summed E-state index contributed by atoms with van der Waals surface area (Å²) in [4.78, 5) is 29.6. The van der Waals surface area contributed by atoms with Crippen LogP contribution in [0.4, 0.5) is 11.4 Å². The van der Waals surface area contributed by atoms with E-state index in [1.165, 1.54) is 0 Å².